The highest BCUT2D eigenvalue weighted by Crippen LogP contribution is 2.22. The van der Waals surface area contributed by atoms with Crippen LogP contribution in [0.15, 0.2) is 28.7 Å². The normalized spacial score (nSPS) is 19.0. The van der Waals surface area contributed by atoms with Gasteiger partial charge in [0, 0.05) is 18.2 Å². The van der Waals surface area contributed by atoms with Crippen molar-refractivity contribution >= 4 is 12.2 Å². The second-order valence-electron chi connectivity index (χ2n) is 5.93. The van der Waals surface area contributed by atoms with Crippen molar-refractivity contribution in [1.29, 1.82) is 0 Å². The number of ether oxygens (including phenoxy) is 1. The van der Waals surface area contributed by atoms with Crippen LogP contribution in [0.2, 0.25) is 0 Å². The van der Waals surface area contributed by atoms with E-state index in [0.29, 0.717) is 30.0 Å². The van der Waals surface area contributed by atoms with Crippen LogP contribution >= 0.6 is 12.2 Å². The van der Waals surface area contributed by atoms with Gasteiger partial charge in [0.05, 0.1) is 13.3 Å². The van der Waals surface area contributed by atoms with Crippen LogP contribution in [0.1, 0.15) is 33.1 Å². The standard InChI is InChI=1S/C17H23N3O2S/c1-3-21-15-9-7-14(8-10-15)16-18-20(17(23)22-16)12-19-11-5-4-6-13(19)2/h7-10,13H,3-6,11-12H2,1-2H3/t13-/m1/s1. The second kappa shape index (κ2) is 7.27. The topological polar surface area (TPSA) is 43.4 Å². The van der Waals surface area contributed by atoms with E-state index in [2.05, 4.69) is 16.9 Å². The maximum absolute atomic E-state index is 5.68. The Hall–Kier alpha value is -1.66. The molecular weight excluding hydrogens is 310 g/mol. The molecule has 0 bridgehead atoms. The molecule has 5 nitrogen and oxygen atoms in total. The van der Waals surface area contributed by atoms with E-state index in [1.54, 1.807) is 4.68 Å². The van der Waals surface area contributed by atoms with Crippen LogP contribution in [0.4, 0.5) is 0 Å². The fraction of sp³-hybridized carbons (Fsp3) is 0.529. The average molecular weight is 333 g/mol. The molecule has 1 saturated heterocycles. The third kappa shape index (κ3) is 3.82. The van der Waals surface area contributed by atoms with Crippen molar-refractivity contribution in [3.8, 4) is 17.2 Å². The number of benzene rings is 1. The molecule has 0 spiro atoms. The molecule has 0 unspecified atom stereocenters. The lowest BCUT2D eigenvalue weighted by Gasteiger charge is -2.32. The van der Waals surface area contributed by atoms with Gasteiger partial charge in [-0.05, 0) is 63.2 Å². The van der Waals surface area contributed by atoms with Crippen LogP contribution in [0.3, 0.4) is 0 Å². The number of rotatable bonds is 5. The Kier molecular flexibility index (Phi) is 5.13. The highest BCUT2D eigenvalue weighted by molar-refractivity contribution is 7.71. The third-order valence-electron chi connectivity index (χ3n) is 4.27. The lowest BCUT2D eigenvalue weighted by atomic mass is 10.0. The summed E-state index contributed by atoms with van der Waals surface area (Å²) in [5, 5.41) is 4.55. The third-order valence-corrected chi connectivity index (χ3v) is 4.57. The first kappa shape index (κ1) is 16.2. The summed E-state index contributed by atoms with van der Waals surface area (Å²) in [4.78, 5) is 2.83. The first-order valence-electron chi connectivity index (χ1n) is 8.22. The summed E-state index contributed by atoms with van der Waals surface area (Å²) in [6.07, 6.45) is 3.78. The molecule has 0 amide bonds. The van der Waals surface area contributed by atoms with Gasteiger partial charge in [-0.15, -0.1) is 5.10 Å². The predicted octanol–water partition coefficient (Wildman–Crippen LogP) is 4.10. The van der Waals surface area contributed by atoms with Gasteiger partial charge in [0.2, 0.25) is 5.89 Å². The smallest absolute Gasteiger partial charge is 0.288 e. The molecule has 23 heavy (non-hydrogen) atoms. The Morgan fingerprint density at radius 2 is 2.09 bits per heavy atom. The van der Waals surface area contributed by atoms with Gasteiger partial charge in [-0.25, -0.2) is 4.68 Å². The molecule has 124 valence electrons. The maximum atomic E-state index is 5.68. The fourth-order valence-electron chi connectivity index (χ4n) is 2.91. The molecule has 3 rings (SSSR count). The van der Waals surface area contributed by atoms with E-state index in [9.17, 15) is 0 Å². The number of aromatic nitrogens is 2. The molecule has 1 aromatic heterocycles. The highest BCUT2D eigenvalue weighted by Gasteiger charge is 2.20. The molecule has 1 aromatic carbocycles. The zero-order chi connectivity index (χ0) is 16.2. The second-order valence-corrected chi connectivity index (χ2v) is 6.28. The first-order chi connectivity index (χ1) is 11.2. The molecule has 1 fully saturated rings. The molecule has 0 saturated carbocycles. The van der Waals surface area contributed by atoms with Gasteiger partial charge in [-0.3, -0.25) is 4.90 Å². The van der Waals surface area contributed by atoms with Crippen LogP contribution in [-0.2, 0) is 6.67 Å². The van der Waals surface area contributed by atoms with E-state index in [0.717, 1.165) is 17.9 Å². The molecule has 0 aliphatic carbocycles. The monoisotopic (exact) mass is 333 g/mol. The SMILES string of the molecule is CCOc1ccc(-c2nn(CN3CCCC[C@H]3C)c(=S)o2)cc1. The van der Waals surface area contributed by atoms with E-state index in [1.165, 1.54) is 19.3 Å². The van der Waals surface area contributed by atoms with E-state index >= 15 is 0 Å². The average Bonchev–Trinajstić information content (AvgIpc) is 2.92. The molecule has 0 N–H and O–H groups in total. The minimum absolute atomic E-state index is 0.423. The summed E-state index contributed by atoms with van der Waals surface area (Å²) in [5.41, 5.74) is 0.907. The van der Waals surface area contributed by atoms with Crippen LogP contribution in [0.5, 0.6) is 5.75 Å². The van der Waals surface area contributed by atoms with Gasteiger partial charge in [-0.2, -0.15) is 0 Å². The predicted molar refractivity (Wildman–Crippen MR) is 92.0 cm³/mol. The Morgan fingerprint density at radius 1 is 1.30 bits per heavy atom. The maximum Gasteiger partial charge on any atom is 0.288 e. The van der Waals surface area contributed by atoms with E-state index < -0.39 is 0 Å². The minimum atomic E-state index is 0.423. The zero-order valence-corrected chi connectivity index (χ0v) is 14.5. The van der Waals surface area contributed by atoms with Crippen molar-refractivity contribution in [3.05, 3.63) is 29.1 Å². The first-order valence-corrected chi connectivity index (χ1v) is 8.63. The molecule has 0 radical (unpaired) electrons. The van der Waals surface area contributed by atoms with E-state index in [-0.39, 0.29) is 0 Å². The van der Waals surface area contributed by atoms with E-state index in [4.69, 9.17) is 21.4 Å². The lowest BCUT2D eigenvalue weighted by Crippen LogP contribution is -2.38. The lowest BCUT2D eigenvalue weighted by molar-refractivity contribution is 0.113. The van der Waals surface area contributed by atoms with E-state index in [1.807, 2.05) is 31.2 Å². The highest BCUT2D eigenvalue weighted by atomic mass is 32.1. The van der Waals surface area contributed by atoms with Gasteiger partial charge < -0.3 is 9.15 Å². The van der Waals surface area contributed by atoms with Crippen molar-refractivity contribution in [3.63, 3.8) is 0 Å². The Labute approximate surface area is 141 Å². The van der Waals surface area contributed by atoms with Gasteiger partial charge in [-0.1, -0.05) is 6.42 Å². The molecule has 2 heterocycles. The molecular formula is C17H23N3O2S. The Bertz CT molecular complexity index is 693. The van der Waals surface area contributed by atoms with Gasteiger partial charge in [0.15, 0.2) is 0 Å². The number of nitrogens with zero attached hydrogens (tertiary/aromatic N) is 3. The van der Waals surface area contributed by atoms with Gasteiger partial charge >= 0.3 is 0 Å². The summed E-state index contributed by atoms with van der Waals surface area (Å²) in [6.45, 7) is 6.67. The summed E-state index contributed by atoms with van der Waals surface area (Å²) in [6, 6.07) is 8.29. The van der Waals surface area contributed by atoms with Crippen LogP contribution in [-0.4, -0.2) is 33.9 Å². The summed E-state index contributed by atoms with van der Waals surface area (Å²) >= 11 is 5.33. The number of piperidine rings is 1. The number of hydrogen-bond donors (Lipinski definition) is 0. The number of likely N-dealkylation sites (tertiary alicyclic amines) is 1. The molecule has 6 heteroatoms. The van der Waals surface area contributed by atoms with Crippen LogP contribution in [0, 0.1) is 4.84 Å². The Morgan fingerprint density at radius 3 is 2.78 bits per heavy atom. The van der Waals surface area contributed by atoms with Crippen molar-refractivity contribution < 1.29 is 9.15 Å². The molecule has 1 aliphatic heterocycles. The quantitative estimate of drug-likeness (QED) is 0.771. The van der Waals surface area contributed by atoms with Crippen molar-refractivity contribution in [1.82, 2.24) is 14.7 Å². The molecule has 1 aliphatic rings. The summed E-state index contributed by atoms with van der Waals surface area (Å²) in [7, 11) is 0. The largest absolute Gasteiger partial charge is 0.494 e. The van der Waals surface area contributed by atoms with Crippen molar-refractivity contribution in [2.24, 2.45) is 0 Å². The van der Waals surface area contributed by atoms with Crippen molar-refractivity contribution in [2.75, 3.05) is 13.2 Å². The summed E-state index contributed by atoms with van der Waals surface area (Å²) in [5.74, 6) is 1.40. The number of hydrogen-bond acceptors (Lipinski definition) is 5. The zero-order valence-electron chi connectivity index (χ0n) is 13.7. The van der Waals surface area contributed by atoms with Crippen LogP contribution < -0.4 is 4.74 Å². The minimum Gasteiger partial charge on any atom is -0.494 e. The van der Waals surface area contributed by atoms with Gasteiger partial charge in [0.25, 0.3) is 4.84 Å². The summed E-state index contributed by atoms with van der Waals surface area (Å²) < 4.78 is 12.9. The van der Waals surface area contributed by atoms with Crippen molar-refractivity contribution in [2.45, 2.75) is 45.8 Å². The Balaban J connectivity index is 1.76. The molecule has 1 atom stereocenters. The van der Waals surface area contributed by atoms with Gasteiger partial charge in [0.1, 0.15) is 5.75 Å². The van der Waals surface area contributed by atoms with Crippen LogP contribution in [0.25, 0.3) is 11.5 Å². The fourth-order valence-corrected chi connectivity index (χ4v) is 3.09. The molecule has 2 aromatic rings.